The fourth-order valence-corrected chi connectivity index (χ4v) is 4.51. The van der Waals surface area contributed by atoms with Gasteiger partial charge < -0.3 is 15.0 Å². The van der Waals surface area contributed by atoms with Gasteiger partial charge in [-0.3, -0.25) is 9.20 Å². The molecule has 0 aliphatic carbocycles. The van der Waals surface area contributed by atoms with E-state index >= 15 is 0 Å². The van der Waals surface area contributed by atoms with Gasteiger partial charge in [-0.15, -0.1) is 0 Å². The first-order valence-electron chi connectivity index (χ1n) is 10.7. The molecule has 7 heteroatoms. The van der Waals surface area contributed by atoms with Gasteiger partial charge in [-0.25, -0.2) is 9.78 Å². The number of piperazine rings is 1. The lowest BCUT2D eigenvalue weighted by atomic mass is 9.99. The number of benzene rings is 1. The number of carbonyl (C=O) groups excluding carboxylic acids is 2. The van der Waals surface area contributed by atoms with Gasteiger partial charge in [0.25, 0.3) is 5.91 Å². The van der Waals surface area contributed by atoms with Gasteiger partial charge in [-0.05, 0) is 53.2 Å². The van der Waals surface area contributed by atoms with Crippen LogP contribution in [0.15, 0.2) is 30.6 Å². The third-order valence-electron chi connectivity index (χ3n) is 5.58. The van der Waals surface area contributed by atoms with E-state index in [4.69, 9.17) is 4.74 Å². The van der Waals surface area contributed by atoms with Crippen molar-refractivity contribution in [3.63, 3.8) is 0 Å². The molecule has 31 heavy (non-hydrogen) atoms. The van der Waals surface area contributed by atoms with Gasteiger partial charge in [0.1, 0.15) is 11.9 Å². The molecule has 2 aromatic heterocycles. The summed E-state index contributed by atoms with van der Waals surface area (Å²) in [6.07, 6.45) is 1.63. The number of ether oxygens (including phenoxy) is 1. The standard InChI is InChI=1S/C24H30N4O3/c1-14-11-27(12-15(2)26-14)22(29)19-16(3)21-20(23(30)31-24(4,5)6)25-13-28(21)18-10-8-7-9-17(18)19/h7-10,13-15,26H,11-12H2,1-6H3/t14-,15+. The normalized spacial score (nSPS) is 19.7. The van der Waals surface area contributed by atoms with E-state index in [1.807, 2.05) is 61.3 Å². The van der Waals surface area contributed by atoms with Crippen LogP contribution < -0.4 is 5.32 Å². The molecule has 1 fully saturated rings. The van der Waals surface area contributed by atoms with Crippen molar-refractivity contribution in [1.29, 1.82) is 0 Å². The number of nitrogens with one attached hydrogen (secondary N) is 1. The molecule has 1 amide bonds. The van der Waals surface area contributed by atoms with Gasteiger partial charge >= 0.3 is 5.97 Å². The maximum absolute atomic E-state index is 13.8. The van der Waals surface area contributed by atoms with Gasteiger partial charge in [0, 0.05) is 30.6 Å². The Hall–Kier alpha value is -2.93. The van der Waals surface area contributed by atoms with Crippen LogP contribution in [0.4, 0.5) is 0 Å². The van der Waals surface area contributed by atoms with Crippen LogP contribution in [0.25, 0.3) is 16.4 Å². The Labute approximate surface area is 182 Å². The Morgan fingerprint density at radius 2 is 1.77 bits per heavy atom. The zero-order valence-electron chi connectivity index (χ0n) is 19.0. The summed E-state index contributed by atoms with van der Waals surface area (Å²) < 4.78 is 7.46. The molecule has 1 aliphatic heterocycles. The molecule has 0 spiro atoms. The SMILES string of the molecule is Cc1c(C(=O)N2C[C@@H](C)N[C@@H](C)C2)c2ccccc2n2cnc(C(=O)OC(C)(C)C)c12. The van der Waals surface area contributed by atoms with Crippen molar-refractivity contribution in [2.45, 2.75) is 59.2 Å². The maximum atomic E-state index is 13.8. The van der Waals surface area contributed by atoms with Crippen molar-refractivity contribution >= 4 is 28.3 Å². The fraction of sp³-hybridized carbons (Fsp3) is 0.458. The first-order chi connectivity index (χ1) is 14.6. The molecule has 3 aromatic rings. The third kappa shape index (κ3) is 3.90. The van der Waals surface area contributed by atoms with Crippen molar-refractivity contribution in [1.82, 2.24) is 19.6 Å². The minimum atomic E-state index is -0.635. The van der Waals surface area contributed by atoms with Gasteiger partial charge in [-0.1, -0.05) is 18.2 Å². The first kappa shape index (κ1) is 21.3. The van der Waals surface area contributed by atoms with Gasteiger partial charge in [-0.2, -0.15) is 0 Å². The van der Waals surface area contributed by atoms with E-state index in [9.17, 15) is 9.59 Å². The average Bonchev–Trinajstić information content (AvgIpc) is 3.12. The Balaban J connectivity index is 1.92. The van der Waals surface area contributed by atoms with Crippen LogP contribution in [0, 0.1) is 6.92 Å². The van der Waals surface area contributed by atoms with Gasteiger partial charge in [0.2, 0.25) is 0 Å². The van der Waals surface area contributed by atoms with Gasteiger partial charge in [0.05, 0.1) is 16.6 Å². The molecule has 2 atom stereocenters. The predicted molar refractivity (Wildman–Crippen MR) is 121 cm³/mol. The molecule has 164 valence electrons. The van der Waals surface area contributed by atoms with Crippen LogP contribution in [0.1, 0.15) is 61.0 Å². The summed E-state index contributed by atoms with van der Waals surface area (Å²) in [5.41, 5.74) is 2.41. The molecule has 0 radical (unpaired) electrons. The second kappa shape index (κ2) is 7.64. The second-order valence-electron chi connectivity index (χ2n) is 9.51. The van der Waals surface area contributed by atoms with E-state index in [1.54, 1.807) is 6.33 Å². The molecule has 1 aliphatic rings. The summed E-state index contributed by atoms with van der Waals surface area (Å²) in [5, 5.41) is 4.32. The summed E-state index contributed by atoms with van der Waals surface area (Å²) in [5.74, 6) is -0.510. The van der Waals surface area contributed by atoms with Crippen LogP contribution in [0.3, 0.4) is 0 Å². The van der Waals surface area contributed by atoms with Crippen molar-refractivity contribution < 1.29 is 14.3 Å². The molecule has 0 unspecified atom stereocenters. The average molecular weight is 423 g/mol. The summed E-state index contributed by atoms with van der Waals surface area (Å²) >= 11 is 0. The lowest BCUT2D eigenvalue weighted by Crippen LogP contribution is -2.55. The van der Waals surface area contributed by atoms with E-state index < -0.39 is 11.6 Å². The van der Waals surface area contributed by atoms with Crippen molar-refractivity contribution in [2.24, 2.45) is 0 Å². The highest BCUT2D eigenvalue weighted by Crippen LogP contribution is 2.30. The molecule has 3 heterocycles. The number of para-hydroxylation sites is 1. The van der Waals surface area contributed by atoms with Crippen molar-refractivity contribution in [3.8, 4) is 0 Å². The number of pyridine rings is 1. The summed E-state index contributed by atoms with van der Waals surface area (Å²) in [6.45, 7) is 12.8. The van der Waals surface area contributed by atoms with Crippen LogP contribution in [-0.2, 0) is 4.74 Å². The largest absolute Gasteiger partial charge is 0.455 e. The second-order valence-corrected chi connectivity index (χ2v) is 9.51. The molecule has 4 rings (SSSR count). The molecule has 1 saturated heterocycles. The minimum absolute atomic E-state index is 0.0206. The third-order valence-corrected chi connectivity index (χ3v) is 5.58. The molecule has 1 aromatic carbocycles. The first-order valence-corrected chi connectivity index (χ1v) is 10.7. The number of imidazole rings is 1. The molecule has 0 saturated carbocycles. The van der Waals surface area contributed by atoms with Crippen LogP contribution in [0.2, 0.25) is 0 Å². The highest BCUT2D eigenvalue weighted by Gasteiger charge is 2.30. The molecule has 7 nitrogen and oxygen atoms in total. The number of esters is 1. The van der Waals surface area contributed by atoms with Crippen LogP contribution in [-0.4, -0.2) is 56.9 Å². The Morgan fingerprint density at radius 3 is 2.42 bits per heavy atom. The number of rotatable bonds is 2. The molecular formula is C24H30N4O3. The molecular weight excluding hydrogens is 392 g/mol. The molecule has 0 bridgehead atoms. The number of nitrogens with zero attached hydrogens (tertiary/aromatic N) is 3. The fourth-order valence-electron chi connectivity index (χ4n) is 4.51. The summed E-state index contributed by atoms with van der Waals surface area (Å²) in [7, 11) is 0. The lowest BCUT2D eigenvalue weighted by molar-refractivity contribution is 0.00655. The van der Waals surface area contributed by atoms with Crippen LogP contribution in [0.5, 0.6) is 0 Å². The number of carbonyl (C=O) groups is 2. The number of hydrogen-bond donors (Lipinski definition) is 1. The van der Waals surface area contributed by atoms with Crippen molar-refractivity contribution in [3.05, 3.63) is 47.4 Å². The quantitative estimate of drug-likeness (QED) is 0.639. The number of aryl methyl sites for hydroxylation is 1. The Kier molecular flexibility index (Phi) is 5.25. The zero-order chi connectivity index (χ0) is 22.5. The zero-order valence-corrected chi connectivity index (χ0v) is 19.0. The number of amides is 1. The van der Waals surface area contributed by atoms with Crippen LogP contribution >= 0.6 is 0 Å². The van der Waals surface area contributed by atoms with E-state index in [1.165, 1.54) is 0 Å². The number of fused-ring (bicyclic) bond motifs is 3. The number of hydrogen-bond acceptors (Lipinski definition) is 5. The monoisotopic (exact) mass is 422 g/mol. The van der Waals surface area contributed by atoms with E-state index in [-0.39, 0.29) is 23.7 Å². The van der Waals surface area contributed by atoms with Gasteiger partial charge in [0.15, 0.2) is 5.69 Å². The highest BCUT2D eigenvalue weighted by atomic mass is 16.6. The highest BCUT2D eigenvalue weighted by molar-refractivity contribution is 6.11. The number of aromatic nitrogens is 2. The summed E-state index contributed by atoms with van der Waals surface area (Å²) in [6, 6.07) is 8.19. The van der Waals surface area contributed by atoms with E-state index in [0.29, 0.717) is 24.2 Å². The molecule has 1 N–H and O–H groups in total. The van der Waals surface area contributed by atoms with E-state index in [0.717, 1.165) is 16.5 Å². The topological polar surface area (TPSA) is 75.9 Å². The maximum Gasteiger partial charge on any atom is 0.359 e. The minimum Gasteiger partial charge on any atom is -0.455 e. The Morgan fingerprint density at radius 1 is 1.13 bits per heavy atom. The Bertz CT molecular complexity index is 1160. The smallest absolute Gasteiger partial charge is 0.359 e. The summed E-state index contributed by atoms with van der Waals surface area (Å²) in [4.78, 5) is 32.9. The van der Waals surface area contributed by atoms with Crippen molar-refractivity contribution in [2.75, 3.05) is 13.1 Å². The predicted octanol–water partition coefficient (Wildman–Crippen LogP) is 3.57. The van der Waals surface area contributed by atoms with E-state index in [2.05, 4.69) is 24.1 Å². The lowest BCUT2D eigenvalue weighted by Gasteiger charge is -2.36.